The van der Waals surface area contributed by atoms with Crippen LogP contribution < -0.4 is 0 Å². The van der Waals surface area contributed by atoms with Crippen LogP contribution in [0, 0.1) is 10.5 Å². The van der Waals surface area contributed by atoms with Gasteiger partial charge in [-0.2, -0.15) is 0 Å². The SMILES string of the molecule is Cc1c(I)c(Br)cc2ccsc12. The van der Waals surface area contributed by atoms with E-state index in [9.17, 15) is 0 Å². The summed E-state index contributed by atoms with van der Waals surface area (Å²) in [6.45, 7) is 2.17. The van der Waals surface area contributed by atoms with Gasteiger partial charge in [-0.3, -0.25) is 0 Å². The largest absolute Gasteiger partial charge is 0.144 e. The third kappa shape index (κ3) is 1.32. The van der Waals surface area contributed by atoms with E-state index in [2.05, 4.69) is 63.0 Å². The number of thiophene rings is 1. The Morgan fingerprint density at radius 3 is 3.00 bits per heavy atom. The Balaban J connectivity index is 2.94. The molecular formula is C9H6BrIS. The molecule has 62 valence electrons. The molecule has 0 bridgehead atoms. The van der Waals surface area contributed by atoms with Gasteiger partial charge in [-0.1, -0.05) is 0 Å². The van der Waals surface area contributed by atoms with Crippen molar-refractivity contribution in [3.05, 3.63) is 31.1 Å². The molecule has 0 unspecified atom stereocenters. The molecule has 0 nitrogen and oxygen atoms in total. The highest BCUT2D eigenvalue weighted by molar-refractivity contribution is 14.1. The minimum Gasteiger partial charge on any atom is -0.144 e. The monoisotopic (exact) mass is 352 g/mol. The summed E-state index contributed by atoms with van der Waals surface area (Å²) in [5.41, 5.74) is 1.38. The first kappa shape index (κ1) is 8.97. The van der Waals surface area contributed by atoms with E-state index in [1.807, 2.05) is 11.3 Å². The molecule has 0 spiro atoms. The molecule has 3 heteroatoms. The zero-order chi connectivity index (χ0) is 8.72. The van der Waals surface area contributed by atoms with Crippen LogP contribution in [0.25, 0.3) is 10.1 Å². The highest BCUT2D eigenvalue weighted by atomic mass is 127. The van der Waals surface area contributed by atoms with E-state index in [-0.39, 0.29) is 0 Å². The van der Waals surface area contributed by atoms with E-state index >= 15 is 0 Å². The minimum absolute atomic E-state index is 1.20. The average molecular weight is 353 g/mol. The summed E-state index contributed by atoms with van der Waals surface area (Å²) in [4.78, 5) is 0. The highest BCUT2D eigenvalue weighted by Gasteiger charge is 2.06. The zero-order valence-electron chi connectivity index (χ0n) is 6.40. The maximum absolute atomic E-state index is 3.55. The number of halogens is 2. The average Bonchev–Trinajstić information content (AvgIpc) is 2.48. The summed E-state index contributed by atoms with van der Waals surface area (Å²) in [5, 5.41) is 3.48. The van der Waals surface area contributed by atoms with Crippen LogP contribution in [0.3, 0.4) is 0 Å². The Labute approximate surface area is 97.2 Å². The van der Waals surface area contributed by atoms with Crippen LogP contribution in [0.2, 0.25) is 0 Å². The van der Waals surface area contributed by atoms with Crippen molar-refractivity contribution in [1.29, 1.82) is 0 Å². The Morgan fingerprint density at radius 2 is 2.25 bits per heavy atom. The number of aryl methyl sites for hydroxylation is 1. The van der Waals surface area contributed by atoms with Gasteiger partial charge in [0.1, 0.15) is 0 Å². The van der Waals surface area contributed by atoms with Gasteiger partial charge >= 0.3 is 0 Å². The van der Waals surface area contributed by atoms with E-state index in [1.165, 1.54) is 23.7 Å². The van der Waals surface area contributed by atoms with Crippen molar-refractivity contribution >= 4 is 59.9 Å². The number of rotatable bonds is 0. The van der Waals surface area contributed by atoms with Gasteiger partial charge in [-0.05, 0) is 73.9 Å². The Bertz CT molecular complexity index is 433. The molecule has 1 heterocycles. The van der Waals surface area contributed by atoms with Crippen LogP contribution in [0.15, 0.2) is 22.0 Å². The van der Waals surface area contributed by atoms with Crippen molar-refractivity contribution in [3.8, 4) is 0 Å². The van der Waals surface area contributed by atoms with Gasteiger partial charge in [-0.15, -0.1) is 11.3 Å². The van der Waals surface area contributed by atoms with Gasteiger partial charge < -0.3 is 0 Å². The summed E-state index contributed by atoms with van der Waals surface area (Å²) in [6, 6.07) is 4.34. The van der Waals surface area contributed by atoms with E-state index in [4.69, 9.17) is 0 Å². The fraction of sp³-hybridized carbons (Fsp3) is 0.111. The minimum atomic E-state index is 1.20. The van der Waals surface area contributed by atoms with Gasteiger partial charge in [-0.25, -0.2) is 0 Å². The van der Waals surface area contributed by atoms with Crippen LogP contribution in [0.1, 0.15) is 5.56 Å². The predicted octanol–water partition coefficient (Wildman–Crippen LogP) is 4.58. The number of benzene rings is 1. The van der Waals surface area contributed by atoms with Crippen molar-refractivity contribution in [3.63, 3.8) is 0 Å². The molecule has 0 aliphatic heterocycles. The lowest BCUT2D eigenvalue weighted by atomic mass is 10.2. The van der Waals surface area contributed by atoms with Crippen molar-refractivity contribution in [2.75, 3.05) is 0 Å². The lowest BCUT2D eigenvalue weighted by molar-refractivity contribution is 1.48. The predicted molar refractivity (Wildman–Crippen MR) is 67.0 cm³/mol. The van der Waals surface area contributed by atoms with Gasteiger partial charge in [0.25, 0.3) is 0 Å². The van der Waals surface area contributed by atoms with Crippen molar-refractivity contribution < 1.29 is 0 Å². The first-order chi connectivity index (χ1) is 5.70. The summed E-state index contributed by atoms with van der Waals surface area (Å²) < 4.78 is 3.93. The van der Waals surface area contributed by atoms with E-state index < -0.39 is 0 Å². The van der Waals surface area contributed by atoms with Crippen LogP contribution in [0.5, 0.6) is 0 Å². The quantitative estimate of drug-likeness (QED) is 0.609. The molecule has 0 saturated carbocycles. The number of hydrogen-bond acceptors (Lipinski definition) is 1. The molecule has 0 N–H and O–H groups in total. The Hall–Kier alpha value is 0.390. The first-order valence-electron chi connectivity index (χ1n) is 3.52. The molecule has 0 amide bonds. The van der Waals surface area contributed by atoms with Gasteiger partial charge in [0.05, 0.1) is 0 Å². The van der Waals surface area contributed by atoms with E-state index in [1.54, 1.807) is 0 Å². The topological polar surface area (TPSA) is 0 Å². The molecule has 0 saturated heterocycles. The third-order valence-corrected chi connectivity index (χ3v) is 5.66. The maximum atomic E-state index is 3.55. The lowest BCUT2D eigenvalue weighted by Gasteiger charge is -2.02. The number of fused-ring (bicyclic) bond motifs is 1. The molecule has 0 aliphatic rings. The van der Waals surface area contributed by atoms with Crippen molar-refractivity contribution in [2.45, 2.75) is 6.92 Å². The van der Waals surface area contributed by atoms with Crippen molar-refractivity contribution in [2.24, 2.45) is 0 Å². The molecule has 0 radical (unpaired) electrons. The molecule has 1 aromatic heterocycles. The molecule has 1 aromatic carbocycles. The van der Waals surface area contributed by atoms with Crippen LogP contribution in [0.4, 0.5) is 0 Å². The van der Waals surface area contributed by atoms with Gasteiger partial charge in [0, 0.05) is 12.7 Å². The highest BCUT2D eigenvalue weighted by Crippen LogP contribution is 2.32. The molecular weight excluding hydrogens is 347 g/mol. The second-order valence-electron chi connectivity index (χ2n) is 2.64. The summed E-state index contributed by atoms with van der Waals surface area (Å²) >= 11 is 7.73. The number of hydrogen-bond donors (Lipinski definition) is 0. The molecule has 0 fully saturated rings. The summed E-state index contributed by atoms with van der Waals surface area (Å²) in [6.07, 6.45) is 0. The second-order valence-corrected chi connectivity index (χ2v) is 5.49. The molecule has 2 aromatic rings. The standard InChI is InChI=1S/C9H6BrIS/c1-5-8(11)7(10)4-6-2-3-12-9(5)6/h2-4H,1H3. The first-order valence-corrected chi connectivity index (χ1v) is 6.27. The van der Waals surface area contributed by atoms with E-state index in [0.29, 0.717) is 0 Å². The Morgan fingerprint density at radius 1 is 1.50 bits per heavy atom. The third-order valence-electron chi connectivity index (χ3n) is 1.86. The molecule has 2 rings (SSSR count). The van der Waals surface area contributed by atoms with Gasteiger partial charge in [0.2, 0.25) is 0 Å². The fourth-order valence-electron chi connectivity index (χ4n) is 1.22. The second kappa shape index (κ2) is 3.27. The van der Waals surface area contributed by atoms with Crippen LogP contribution >= 0.6 is 49.9 Å². The van der Waals surface area contributed by atoms with Crippen molar-refractivity contribution in [1.82, 2.24) is 0 Å². The van der Waals surface area contributed by atoms with Gasteiger partial charge in [0.15, 0.2) is 0 Å². The molecule has 12 heavy (non-hydrogen) atoms. The smallest absolute Gasteiger partial charge is 0.0383 e. The summed E-state index contributed by atoms with van der Waals surface area (Å²) in [7, 11) is 0. The summed E-state index contributed by atoms with van der Waals surface area (Å²) in [5.74, 6) is 0. The Kier molecular flexibility index (Phi) is 2.44. The normalized spacial score (nSPS) is 10.9. The maximum Gasteiger partial charge on any atom is 0.0383 e. The fourth-order valence-corrected chi connectivity index (χ4v) is 3.26. The molecule has 0 atom stereocenters. The van der Waals surface area contributed by atoms with Crippen LogP contribution in [-0.4, -0.2) is 0 Å². The van der Waals surface area contributed by atoms with Crippen LogP contribution in [-0.2, 0) is 0 Å². The lowest BCUT2D eigenvalue weighted by Crippen LogP contribution is -1.81. The van der Waals surface area contributed by atoms with E-state index in [0.717, 1.165) is 0 Å². The molecule has 0 aliphatic carbocycles. The zero-order valence-corrected chi connectivity index (χ0v) is 11.0.